The number of nitrogens with zero attached hydrogens (tertiary/aromatic N) is 3. The lowest BCUT2D eigenvalue weighted by atomic mass is 9.63. The molecule has 164 valence electrons. The summed E-state index contributed by atoms with van der Waals surface area (Å²) in [6.45, 7) is 0.623. The maximum atomic E-state index is 13.2. The van der Waals surface area contributed by atoms with Crippen LogP contribution in [-0.2, 0) is 16.1 Å². The SMILES string of the molecule is O=C1[C@H]2[C@@H]3C=C[C@H]([C@H]4C[C@H]34)[C@@H]2C(=O)N1/N=C/c1cn(Cc2ccccc2Cl)c2ccccc12. The number of benzene rings is 2. The van der Waals surface area contributed by atoms with E-state index in [-0.39, 0.29) is 35.5 Å². The first-order valence-corrected chi connectivity index (χ1v) is 11.9. The molecule has 33 heavy (non-hydrogen) atoms. The average molecular weight is 456 g/mol. The molecule has 2 saturated carbocycles. The van der Waals surface area contributed by atoms with Crippen molar-refractivity contribution in [2.45, 2.75) is 13.0 Å². The van der Waals surface area contributed by atoms with Crippen molar-refractivity contribution in [3.8, 4) is 0 Å². The van der Waals surface area contributed by atoms with Gasteiger partial charge in [0.25, 0.3) is 11.8 Å². The van der Waals surface area contributed by atoms with E-state index in [9.17, 15) is 9.59 Å². The van der Waals surface area contributed by atoms with Crippen LogP contribution in [0.2, 0.25) is 5.02 Å². The van der Waals surface area contributed by atoms with E-state index in [1.807, 2.05) is 48.7 Å². The molecule has 5 aliphatic rings. The third-order valence-electron chi connectivity index (χ3n) is 8.07. The fourth-order valence-electron chi connectivity index (χ4n) is 6.49. The summed E-state index contributed by atoms with van der Waals surface area (Å²) in [5.41, 5.74) is 2.95. The van der Waals surface area contributed by atoms with Gasteiger partial charge in [-0.3, -0.25) is 9.59 Å². The minimum atomic E-state index is -0.227. The third kappa shape index (κ3) is 2.75. The predicted octanol–water partition coefficient (Wildman–Crippen LogP) is 4.73. The zero-order valence-electron chi connectivity index (χ0n) is 17.8. The van der Waals surface area contributed by atoms with E-state index in [1.165, 1.54) is 0 Å². The van der Waals surface area contributed by atoms with E-state index in [0.717, 1.165) is 38.5 Å². The Morgan fingerprint density at radius 1 is 0.939 bits per heavy atom. The monoisotopic (exact) mass is 455 g/mol. The van der Waals surface area contributed by atoms with Crippen LogP contribution in [0, 0.1) is 35.5 Å². The van der Waals surface area contributed by atoms with Gasteiger partial charge in [-0.15, -0.1) is 0 Å². The Bertz CT molecular complexity index is 1350. The highest BCUT2D eigenvalue weighted by atomic mass is 35.5. The number of amides is 2. The molecule has 1 saturated heterocycles. The molecule has 1 aliphatic heterocycles. The van der Waals surface area contributed by atoms with Crippen molar-refractivity contribution in [3.63, 3.8) is 0 Å². The lowest BCUT2D eigenvalue weighted by Gasteiger charge is -2.37. The highest BCUT2D eigenvalue weighted by molar-refractivity contribution is 6.31. The standard InChI is InChI=1S/C27H22ClN3O2/c28-22-7-3-1-5-15(22)13-30-14-16(17-6-2-4-8-23(17)30)12-29-31-26(32)24-18-9-10-19(21-11-20(18)21)25(24)27(31)33/h1-10,12,14,18-21,24-25H,11,13H2/b29-12+/t18-,19-,20-,21-,24+,25+/m1/s1. The quantitative estimate of drug-likeness (QED) is 0.324. The molecule has 0 N–H and O–H groups in total. The van der Waals surface area contributed by atoms with E-state index in [2.05, 4.69) is 27.9 Å². The molecule has 4 aliphatic carbocycles. The van der Waals surface area contributed by atoms with E-state index < -0.39 is 0 Å². The van der Waals surface area contributed by atoms with Crippen LogP contribution in [0.15, 0.2) is 72.0 Å². The molecule has 0 spiro atoms. The molecule has 0 unspecified atom stereocenters. The molecule has 6 heteroatoms. The molecule has 2 heterocycles. The van der Waals surface area contributed by atoms with Crippen molar-refractivity contribution in [1.82, 2.24) is 9.58 Å². The van der Waals surface area contributed by atoms with Gasteiger partial charge in [-0.2, -0.15) is 10.1 Å². The lowest BCUT2D eigenvalue weighted by molar-refractivity contribution is -0.140. The molecule has 2 amide bonds. The Hall–Kier alpha value is -3.18. The second kappa shape index (κ2) is 6.91. The van der Waals surface area contributed by atoms with Crippen molar-refractivity contribution >= 4 is 40.5 Å². The molecule has 5 nitrogen and oxygen atoms in total. The minimum Gasteiger partial charge on any atom is -0.342 e. The molecule has 0 radical (unpaired) electrons. The van der Waals surface area contributed by atoms with Gasteiger partial charge in [0.1, 0.15) is 0 Å². The van der Waals surface area contributed by atoms with Crippen LogP contribution in [-0.4, -0.2) is 27.6 Å². The summed E-state index contributed by atoms with van der Waals surface area (Å²) in [6, 6.07) is 15.9. The minimum absolute atomic E-state index is 0.134. The summed E-state index contributed by atoms with van der Waals surface area (Å²) in [4.78, 5) is 26.4. The Balaban J connectivity index is 1.22. The third-order valence-corrected chi connectivity index (χ3v) is 8.44. The summed E-state index contributed by atoms with van der Waals surface area (Å²) in [5, 5.41) is 7.34. The Morgan fingerprint density at radius 3 is 2.33 bits per heavy atom. The van der Waals surface area contributed by atoms with Gasteiger partial charge in [-0.05, 0) is 47.8 Å². The topological polar surface area (TPSA) is 54.7 Å². The molecule has 2 aromatic carbocycles. The summed E-state index contributed by atoms with van der Waals surface area (Å²) < 4.78 is 2.13. The largest absolute Gasteiger partial charge is 0.342 e. The predicted molar refractivity (Wildman–Crippen MR) is 127 cm³/mol. The van der Waals surface area contributed by atoms with Crippen molar-refractivity contribution in [1.29, 1.82) is 0 Å². The van der Waals surface area contributed by atoms with Gasteiger partial charge < -0.3 is 4.57 Å². The van der Waals surface area contributed by atoms with Crippen LogP contribution in [0.25, 0.3) is 10.9 Å². The fraction of sp³-hybridized carbons (Fsp3) is 0.296. The van der Waals surface area contributed by atoms with Crippen LogP contribution in [0.3, 0.4) is 0 Å². The van der Waals surface area contributed by atoms with E-state index >= 15 is 0 Å². The van der Waals surface area contributed by atoms with Gasteiger partial charge in [0, 0.05) is 34.2 Å². The number of carbonyl (C=O) groups excluding carboxylic acids is 2. The fourth-order valence-corrected chi connectivity index (χ4v) is 6.69. The maximum Gasteiger partial charge on any atom is 0.254 e. The van der Waals surface area contributed by atoms with Crippen LogP contribution < -0.4 is 0 Å². The van der Waals surface area contributed by atoms with Crippen LogP contribution >= 0.6 is 11.6 Å². The smallest absolute Gasteiger partial charge is 0.254 e. The Morgan fingerprint density at radius 2 is 1.61 bits per heavy atom. The van der Waals surface area contributed by atoms with E-state index in [4.69, 9.17) is 11.6 Å². The molecule has 3 fully saturated rings. The molecule has 1 aromatic heterocycles. The molecular formula is C27H22ClN3O2. The first-order chi connectivity index (χ1) is 16.1. The second-order valence-electron chi connectivity index (χ2n) is 9.71. The van der Waals surface area contributed by atoms with Gasteiger partial charge in [-0.1, -0.05) is 60.2 Å². The molecule has 2 bridgehead atoms. The number of halogens is 1. The summed E-state index contributed by atoms with van der Waals surface area (Å²) >= 11 is 6.39. The number of hydrazone groups is 1. The van der Waals surface area contributed by atoms with Crippen LogP contribution in [0.1, 0.15) is 17.5 Å². The van der Waals surface area contributed by atoms with Gasteiger partial charge in [0.2, 0.25) is 0 Å². The number of imide groups is 1. The first-order valence-electron chi connectivity index (χ1n) is 11.5. The van der Waals surface area contributed by atoms with Crippen molar-refractivity contribution in [3.05, 3.63) is 83.0 Å². The first kappa shape index (κ1) is 19.3. The number of hydrogen-bond acceptors (Lipinski definition) is 3. The zero-order chi connectivity index (χ0) is 22.3. The maximum absolute atomic E-state index is 13.2. The summed E-state index contributed by atoms with van der Waals surface area (Å²) in [6.07, 6.45) is 9.19. The summed E-state index contributed by atoms with van der Waals surface area (Å²) in [7, 11) is 0. The highest BCUT2D eigenvalue weighted by Crippen LogP contribution is 2.65. The normalized spacial score (nSPS) is 31.6. The zero-order valence-corrected chi connectivity index (χ0v) is 18.6. The second-order valence-corrected chi connectivity index (χ2v) is 10.1. The molecule has 8 rings (SSSR count). The van der Waals surface area contributed by atoms with Crippen molar-refractivity contribution in [2.75, 3.05) is 0 Å². The molecular weight excluding hydrogens is 434 g/mol. The number of rotatable bonds is 4. The number of allylic oxidation sites excluding steroid dienone is 2. The van der Waals surface area contributed by atoms with Gasteiger partial charge in [0.15, 0.2) is 0 Å². The van der Waals surface area contributed by atoms with Crippen LogP contribution in [0.4, 0.5) is 0 Å². The molecule has 3 aromatic rings. The number of aromatic nitrogens is 1. The number of para-hydroxylation sites is 1. The van der Waals surface area contributed by atoms with Crippen molar-refractivity contribution < 1.29 is 9.59 Å². The number of fused-ring (bicyclic) bond motifs is 1. The van der Waals surface area contributed by atoms with Gasteiger partial charge in [-0.25, -0.2) is 0 Å². The number of hydrogen-bond donors (Lipinski definition) is 0. The lowest BCUT2D eigenvalue weighted by Crippen LogP contribution is -2.40. The van der Waals surface area contributed by atoms with Crippen molar-refractivity contribution in [2.24, 2.45) is 40.6 Å². The van der Waals surface area contributed by atoms with Gasteiger partial charge in [0.05, 0.1) is 18.1 Å². The molecule has 6 atom stereocenters. The van der Waals surface area contributed by atoms with Crippen LogP contribution in [0.5, 0.6) is 0 Å². The van der Waals surface area contributed by atoms with E-state index in [1.54, 1.807) is 6.21 Å². The Labute approximate surface area is 196 Å². The van der Waals surface area contributed by atoms with E-state index in [0.29, 0.717) is 18.4 Å². The Kier molecular flexibility index (Phi) is 4.04. The number of carbonyl (C=O) groups is 2. The van der Waals surface area contributed by atoms with Gasteiger partial charge >= 0.3 is 0 Å². The highest BCUT2D eigenvalue weighted by Gasteiger charge is 2.67. The average Bonchev–Trinajstić information content (AvgIpc) is 3.54. The summed E-state index contributed by atoms with van der Waals surface area (Å²) in [5.74, 6) is 0.870.